The van der Waals surface area contributed by atoms with Crippen LogP contribution >= 0.6 is 0 Å². The van der Waals surface area contributed by atoms with Crippen molar-refractivity contribution in [1.29, 1.82) is 5.26 Å². The molecule has 0 spiro atoms. The minimum atomic E-state index is 0.673. The number of hydrogen-bond donors (Lipinski definition) is 1. The van der Waals surface area contributed by atoms with Crippen molar-refractivity contribution in [3.8, 4) is 6.07 Å². The Labute approximate surface area is 107 Å². The number of nitrogens with one attached hydrogen (secondary N) is 1. The van der Waals surface area contributed by atoms with E-state index in [0.717, 1.165) is 22.6 Å². The van der Waals surface area contributed by atoms with E-state index in [-0.39, 0.29) is 0 Å². The fourth-order valence-electron chi connectivity index (χ4n) is 2.06. The largest absolute Gasteiger partial charge is 0.378 e. The standard InChI is InChI=1S/C13H17N5/c1-9-13(10(2)18(4)16-9)15-7-11-5-12(6-14)17(3)8-11/h5,8,15H,7H2,1-4H3. The Morgan fingerprint density at radius 1 is 1.39 bits per heavy atom. The molecule has 2 heterocycles. The molecule has 0 atom stereocenters. The van der Waals surface area contributed by atoms with Crippen LogP contribution in [0.3, 0.4) is 0 Å². The van der Waals surface area contributed by atoms with Crippen LogP contribution in [0.5, 0.6) is 0 Å². The minimum Gasteiger partial charge on any atom is -0.378 e. The van der Waals surface area contributed by atoms with Gasteiger partial charge in [-0.1, -0.05) is 0 Å². The van der Waals surface area contributed by atoms with Gasteiger partial charge in [-0.05, 0) is 25.5 Å². The molecule has 5 heteroatoms. The lowest BCUT2D eigenvalue weighted by Gasteiger charge is -2.05. The van der Waals surface area contributed by atoms with Gasteiger partial charge in [-0.15, -0.1) is 0 Å². The van der Waals surface area contributed by atoms with Crippen LogP contribution in [0.4, 0.5) is 5.69 Å². The maximum atomic E-state index is 8.90. The predicted molar refractivity (Wildman–Crippen MR) is 70.1 cm³/mol. The molecule has 0 saturated heterocycles. The Balaban J connectivity index is 2.14. The van der Waals surface area contributed by atoms with E-state index in [2.05, 4.69) is 16.5 Å². The molecule has 2 aromatic heterocycles. The Hall–Kier alpha value is -2.22. The van der Waals surface area contributed by atoms with Crippen LogP contribution in [0.15, 0.2) is 12.3 Å². The van der Waals surface area contributed by atoms with Crippen LogP contribution in [0.2, 0.25) is 0 Å². The van der Waals surface area contributed by atoms with E-state index < -0.39 is 0 Å². The lowest BCUT2D eigenvalue weighted by atomic mass is 10.2. The second-order valence-corrected chi connectivity index (χ2v) is 4.48. The van der Waals surface area contributed by atoms with E-state index in [9.17, 15) is 0 Å². The van der Waals surface area contributed by atoms with Crippen LogP contribution in [0, 0.1) is 25.2 Å². The van der Waals surface area contributed by atoms with Gasteiger partial charge in [-0.25, -0.2) is 0 Å². The van der Waals surface area contributed by atoms with Crippen molar-refractivity contribution < 1.29 is 0 Å². The highest BCUT2D eigenvalue weighted by Crippen LogP contribution is 2.19. The quantitative estimate of drug-likeness (QED) is 0.895. The normalized spacial score (nSPS) is 10.4. The number of aromatic nitrogens is 3. The first-order valence-corrected chi connectivity index (χ1v) is 5.82. The number of anilines is 1. The third-order valence-corrected chi connectivity index (χ3v) is 3.15. The van der Waals surface area contributed by atoms with Crippen LogP contribution in [0.1, 0.15) is 22.6 Å². The van der Waals surface area contributed by atoms with E-state index in [1.54, 1.807) is 0 Å². The van der Waals surface area contributed by atoms with Gasteiger partial charge in [-0.3, -0.25) is 4.68 Å². The van der Waals surface area contributed by atoms with Crippen molar-refractivity contribution >= 4 is 5.69 Å². The molecule has 0 aromatic carbocycles. The van der Waals surface area contributed by atoms with Crippen molar-refractivity contribution in [2.75, 3.05) is 5.32 Å². The summed E-state index contributed by atoms with van der Waals surface area (Å²) in [6.45, 7) is 4.72. The molecule has 0 unspecified atom stereocenters. The first kappa shape index (κ1) is 12.2. The molecule has 94 valence electrons. The molecule has 0 aliphatic heterocycles. The summed E-state index contributed by atoms with van der Waals surface area (Å²) in [6, 6.07) is 4.06. The third-order valence-electron chi connectivity index (χ3n) is 3.15. The minimum absolute atomic E-state index is 0.673. The maximum Gasteiger partial charge on any atom is 0.120 e. The number of rotatable bonds is 3. The van der Waals surface area contributed by atoms with Crippen molar-refractivity contribution in [3.63, 3.8) is 0 Å². The van der Waals surface area contributed by atoms with Crippen molar-refractivity contribution in [1.82, 2.24) is 14.3 Å². The van der Waals surface area contributed by atoms with Crippen LogP contribution in [0.25, 0.3) is 0 Å². The average molecular weight is 243 g/mol. The molecule has 0 amide bonds. The second-order valence-electron chi connectivity index (χ2n) is 4.48. The Bertz CT molecular complexity index is 612. The van der Waals surface area contributed by atoms with Gasteiger partial charge in [0.25, 0.3) is 0 Å². The first-order valence-electron chi connectivity index (χ1n) is 5.82. The number of nitrogens with zero attached hydrogens (tertiary/aromatic N) is 4. The molecule has 2 aromatic rings. The van der Waals surface area contributed by atoms with E-state index >= 15 is 0 Å². The Morgan fingerprint density at radius 2 is 2.11 bits per heavy atom. The van der Waals surface area contributed by atoms with Crippen LogP contribution in [-0.4, -0.2) is 14.3 Å². The van der Waals surface area contributed by atoms with Crippen molar-refractivity contribution in [3.05, 3.63) is 34.9 Å². The molecule has 0 bridgehead atoms. The van der Waals surface area contributed by atoms with E-state index in [1.165, 1.54) is 0 Å². The molecule has 0 saturated carbocycles. The van der Waals surface area contributed by atoms with Gasteiger partial charge in [0.1, 0.15) is 11.8 Å². The summed E-state index contributed by atoms with van der Waals surface area (Å²) in [7, 11) is 3.81. The van der Waals surface area contributed by atoms with Gasteiger partial charge in [0.2, 0.25) is 0 Å². The fraction of sp³-hybridized carbons (Fsp3) is 0.385. The number of nitriles is 1. The monoisotopic (exact) mass is 243 g/mol. The zero-order chi connectivity index (χ0) is 13.3. The van der Waals surface area contributed by atoms with Gasteiger partial charge < -0.3 is 9.88 Å². The first-order chi connectivity index (χ1) is 8.52. The molecule has 0 radical (unpaired) electrons. The van der Waals surface area contributed by atoms with Crippen LogP contribution in [-0.2, 0) is 20.6 Å². The fourth-order valence-corrected chi connectivity index (χ4v) is 2.06. The third kappa shape index (κ3) is 2.09. The molecule has 0 fully saturated rings. The summed E-state index contributed by atoms with van der Waals surface area (Å²) in [5.74, 6) is 0. The lowest BCUT2D eigenvalue weighted by molar-refractivity contribution is 0.731. The van der Waals surface area contributed by atoms with E-state index in [4.69, 9.17) is 5.26 Å². The molecular formula is C13H17N5. The van der Waals surface area contributed by atoms with Gasteiger partial charge >= 0.3 is 0 Å². The van der Waals surface area contributed by atoms with Crippen molar-refractivity contribution in [2.24, 2.45) is 14.1 Å². The smallest absolute Gasteiger partial charge is 0.120 e. The van der Waals surface area contributed by atoms with Crippen molar-refractivity contribution in [2.45, 2.75) is 20.4 Å². The molecule has 18 heavy (non-hydrogen) atoms. The average Bonchev–Trinajstić information content (AvgIpc) is 2.79. The molecule has 1 N–H and O–H groups in total. The number of hydrogen-bond acceptors (Lipinski definition) is 3. The SMILES string of the molecule is Cc1nn(C)c(C)c1NCc1cc(C#N)n(C)c1. The van der Waals surface area contributed by atoms with Gasteiger partial charge in [0, 0.05) is 26.8 Å². The summed E-state index contributed by atoms with van der Waals surface area (Å²) >= 11 is 0. The van der Waals surface area contributed by atoms with Crippen LogP contribution < -0.4 is 5.32 Å². The van der Waals surface area contributed by atoms with Gasteiger partial charge in [0.05, 0.1) is 17.1 Å². The van der Waals surface area contributed by atoms with Gasteiger partial charge in [0.15, 0.2) is 0 Å². The van der Waals surface area contributed by atoms with E-state index in [1.807, 2.05) is 49.5 Å². The molecular weight excluding hydrogens is 226 g/mol. The molecule has 5 nitrogen and oxygen atoms in total. The molecule has 2 rings (SSSR count). The zero-order valence-electron chi connectivity index (χ0n) is 11.2. The maximum absolute atomic E-state index is 8.90. The lowest BCUT2D eigenvalue weighted by Crippen LogP contribution is -2.01. The number of aryl methyl sites for hydroxylation is 3. The highest BCUT2D eigenvalue weighted by molar-refractivity contribution is 5.52. The summed E-state index contributed by atoms with van der Waals surface area (Å²) in [5.41, 5.74) is 4.94. The summed E-state index contributed by atoms with van der Waals surface area (Å²) in [5, 5.41) is 16.6. The van der Waals surface area contributed by atoms with Gasteiger partial charge in [-0.2, -0.15) is 10.4 Å². The Morgan fingerprint density at radius 3 is 2.61 bits per heavy atom. The Kier molecular flexibility index (Phi) is 3.11. The highest BCUT2D eigenvalue weighted by Gasteiger charge is 2.09. The topological polar surface area (TPSA) is 58.6 Å². The summed E-state index contributed by atoms with van der Waals surface area (Å²) in [4.78, 5) is 0. The molecule has 0 aliphatic rings. The highest BCUT2D eigenvalue weighted by atomic mass is 15.3. The second kappa shape index (κ2) is 4.57. The predicted octanol–water partition coefficient (Wildman–Crippen LogP) is 1.86. The zero-order valence-corrected chi connectivity index (χ0v) is 11.2. The summed E-state index contributed by atoms with van der Waals surface area (Å²) < 4.78 is 3.70. The molecule has 0 aliphatic carbocycles. The van der Waals surface area contributed by atoms with E-state index in [0.29, 0.717) is 12.2 Å². The summed E-state index contributed by atoms with van der Waals surface area (Å²) in [6.07, 6.45) is 1.96.